The topological polar surface area (TPSA) is 95.2 Å². The molecule has 2 aromatic rings. The summed E-state index contributed by atoms with van der Waals surface area (Å²) in [5.74, 6) is 0. The molecular weight excluding hydrogens is 244 g/mol. The molecule has 0 aliphatic heterocycles. The SMILES string of the molecule is CC(C)N(CCO)c1cc2nc[nH]c(=O)c2cc1N. The molecule has 0 unspecified atom stereocenters. The molecule has 1 aromatic carbocycles. The zero-order valence-electron chi connectivity index (χ0n) is 11.1. The summed E-state index contributed by atoms with van der Waals surface area (Å²) in [4.78, 5) is 20.3. The molecule has 2 rings (SSSR count). The Balaban J connectivity index is 2.60. The summed E-state index contributed by atoms with van der Waals surface area (Å²) in [6, 6.07) is 3.60. The number of nitrogens with two attached hydrogens (primary N) is 1. The van der Waals surface area contributed by atoms with Crippen LogP contribution in [-0.4, -0.2) is 34.3 Å². The van der Waals surface area contributed by atoms with Gasteiger partial charge in [-0.05, 0) is 26.0 Å². The van der Waals surface area contributed by atoms with Crippen LogP contribution in [0.25, 0.3) is 10.9 Å². The largest absolute Gasteiger partial charge is 0.397 e. The molecule has 0 aliphatic carbocycles. The minimum Gasteiger partial charge on any atom is -0.397 e. The van der Waals surface area contributed by atoms with Crippen LogP contribution in [0.2, 0.25) is 0 Å². The summed E-state index contributed by atoms with van der Waals surface area (Å²) in [5.41, 5.74) is 7.70. The van der Waals surface area contributed by atoms with Gasteiger partial charge in [-0.15, -0.1) is 0 Å². The number of nitrogens with one attached hydrogen (secondary N) is 1. The van der Waals surface area contributed by atoms with Gasteiger partial charge < -0.3 is 20.7 Å². The predicted molar refractivity (Wildman–Crippen MR) is 76.3 cm³/mol. The number of aromatic amines is 1. The summed E-state index contributed by atoms with van der Waals surface area (Å²) in [6.45, 7) is 4.56. The summed E-state index contributed by atoms with van der Waals surface area (Å²) in [6.07, 6.45) is 1.37. The number of nitrogen functional groups attached to an aromatic ring is 1. The van der Waals surface area contributed by atoms with Crippen LogP contribution in [0.1, 0.15) is 13.8 Å². The quantitative estimate of drug-likeness (QED) is 0.705. The maximum absolute atomic E-state index is 11.7. The van der Waals surface area contributed by atoms with Gasteiger partial charge >= 0.3 is 0 Å². The fourth-order valence-corrected chi connectivity index (χ4v) is 2.13. The second-order valence-corrected chi connectivity index (χ2v) is 4.67. The van der Waals surface area contributed by atoms with Gasteiger partial charge in [0, 0.05) is 12.6 Å². The number of aliphatic hydroxyl groups is 1. The molecule has 0 saturated heterocycles. The van der Waals surface area contributed by atoms with Crippen LogP contribution in [0.3, 0.4) is 0 Å². The highest BCUT2D eigenvalue weighted by molar-refractivity contribution is 5.88. The number of fused-ring (bicyclic) bond motifs is 1. The van der Waals surface area contributed by atoms with Gasteiger partial charge in [-0.25, -0.2) is 4.98 Å². The molecule has 1 heterocycles. The third-order valence-electron chi connectivity index (χ3n) is 3.06. The Morgan fingerprint density at radius 3 is 2.84 bits per heavy atom. The third kappa shape index (κ3) is 2.53. The van der Waals surface area contributed by atoms with E-state index in [1.807, 2.05) is 18.7 Å². The van der Waals surface area contributed by atoms with E-state index >= 15 is 0 Å². The van der Waals surface area contributed by atoms with Crippen LogP contribution in [0, 0.1) is 0 Å². The fraction of sp³-hybridized carbons (Fsp3) is 0.385. The van der Waals surface area contributed by atoms with Crippen LogP contribution in [0.4, 0.5) is 11.4 Å². The van der Waals surface area contributed by atoms with Gasteiger partial charge in [0.25, 0.3) is 5.56 Å². The molecule has 4 N–H and O–H groups in total. The molecule has 1 aromatic heterocycles. The molecule has 102 valence electrons. The molecule has 0 fully saturated rings. The first-order valence-corrected chi connectivity index (χ1v) is 6.19. The van der Waals surface area contributed by atoms with Crippen molar-refractivity contribution < 1.29 is 5.11 Å². The molecule has 0 aliphatic rings. The van der Waals surface area contributed by atoms with Crippen LogP contribution < -0.4 is 16.2 Å². The molecule has 0 bridgehead atoms. The Morgan fingerprint density at radius 1 is 1.47 bits per heavy atom. The molecule has 0 radical (unpaired) electrons. The van der Waals surface area contributed by atoms with E-state index in [0.29, 0.717) is 23.1 Å². The van der Waals surface area contributed by atoms with E-state index in [1.54, 1.807) is 12.1 Å². The minimum absolute atomic E-state index is 0.0401. The molecule has 0 saturated carbocycles. The molecule has 19 heavy (non-hydrogen) atoms. The van der Waals surface area contributed by atoms with E-state index in [0.717, 1.165) is 5.69 Å². The Kier molecular flexibility index (Phi) is 3.71. The Bertz CT molecular complexity index is 636. The Morgan fingerprint density at radius 2 is 2.21 bits per heavy atom. The van der Waals surface area contributed by atoms with E-state index in [9.17, 15) is 4.79 Å². The van der Waals surface area contributed by atoms with Gasteiger partial charge in [-0.2, -0.15) is 0 Å². The molecule has 0 amide bonds. The number of hydrogen-bond acceptors (Lipinski definition) is 5. The number of rotatable bonds is 4. The standard InChI is InChI=1S/C13H18N4O2/c1-8(2)17(3-4-18)12-6-11-9(5-10(12)14)13(19)16-7-15-11/h5-8,18H,3-4,14H2,1-2H3,(H,15,16,19). The van der Waals surface area contributed by atoms with Gasteiger partial charge in [0.05, 0.1) is 35.2 Å². The maximum atomic E-state index is 11.7. The summed E-state index contributed by atoms with van der Waals surface area (Å²) >= 11 is 0. The number of benzene rings is 1. The second-order valence-electron chi connectivity index (χ2n) is 4.67. The number of aliphatic hydroxyl groups excluding tert-OH is 1. The van der Waals surface area contributed by atoms with Crippen molar-refractivity contribution in [1.29, 1.82) is 0 Å². The number of H-pyrrole nitrogens is 1. The number of nitrogens with zero attached hydrogens (tertiary/aromatic N) is 2. The Hall–Kier alpha value is -2.08. The highest BCUT2D eigenvalue weighted by Crippen LogP contribution is 2.28. The summed E-state index contributed by atoms with van der Waals surface area (Å²) in [7, 11) is 0. The average Bonchev–Trinajstić information content (AvgIpc) is 2.36. The van der Waals surface area contributed by atoms with Crippen molar-refractivity contribution in [2.45, 2.75) is 19.9 Å². The van der Waals surface area contributed by atoms with Gasteiger partial charge in [0.1, 0.15) is 0 Å². The van der Waals surface area contributed by atoms with E-state index in [2.05, 4.69) is 9.97 Å². The van der Waals surface area contributed by atoms with Crippen LogP contribution in [0.5, 0.6) is 0 Å². The van der Waals surface area contributed by atoms with Gasteiger partial charge in [-0.1, -0.05) is 0 Å². The fourth-order valence-electron chi connectivity index (χ4n) is 2.13. The highest BCUT2D eigenvalue weighted by atomic mass is 16.3. The monoisotopic (exact) mass is 262 g/mol. The lowest BCUT2D eigenvalue weighted by atomic mass is 10.1. The average molecular weight is 262 g/mol. The van der Waals surface area contributed by atoms with E-state index in [-0.39, 0.29) is 18.2 Å². The van der Waals surface area contributed by atoms with Crippen LogP contribution in [-0.2, 0) is 0 Å². The lowest BCUT2D eigenvalue weighted by Gasteiger charge is -2.29. The normalized spacial score (nSPS) is 11.2. The van der Waals surface area contributed by atoms with Crippen molar-refractivity contribution >= 4 is 22.3 Å². The van der Waals surface area contributed by atoms with Crippen molar-refractivity contribution in [3.63, 3.8) is 0 Å². The van der Waals surface area contributed by atoms with Gasteiger partial charge in [-0.3, -0.25) is 4.79 Å². The lowest BCUT2D eigenvalue weighted by molar-refractivity contribution is 0.299. The first-order valence-electron chi connectivity index (χ1n) is 6.19. The van der Waals surface area contributed by atoms with Gasteiger partial charge in [0.15, 0.2) is 0 Å². The van der Waals surface area contributed by atoms with Crippen molar-refractivity contribution in [2.24, 2.45) is 0 Å². The molecular formula is C13H18N4O2. The molecule has 0 spiro atoms. The number of aromatic nitrogens is 2. The first kappa shape index (κ1) is 13.4. The van der Waals surface area contributed by atoms with Crippen molar-refractivity contribution in [1.82, 2.24) is 9.97 Å². The van der Waals surface area contributed by atoms with Crippen LogP contribution in [0.15, 0.2) is 23.3 Å². The number of anilines is 2. The molecule has 6 heteroatoms. The summed E-state index contributed by atoms with van der Waals surface area (Å²) < 4.78 is 0. The van der Waals surface area contributed by atoms with E-state index in [4.69, 9.17) is 10.8 Å². The van der Waals surface area contributed by atoms with Crippen molar-refractivity contribution in [3.8, 4) is 0 Å². The van der Waals surface area contributed by atoms with Crippen molar-refractivity contribution in [3.05, 3.63) is 28.8 Å². The zero-order valence-corrected chi connectivity index (χ0v) is 11.1. The van der Waals surface area contributed by atoms with Crippen LogP contribution >= 0.6 is 0 Å². The molecule has 6 nitrogen and oxygen atoms in total. The second kappa shape index (κ2) is 5.27. The van der Waals surface area contributed by atoms with Gasteiger partial charge in [0.2, 0.25) is 0 Å². The third-order valence-corrected chi connectivity index (χ3v) is 3.06. The van der Waals surface area contributed by atoms with E-state index in [1.165, 1.54) is 6.33 Å². The molecule has 0 atom stereocenters. The maximum Gasteiger partial charge on any atom is 0.258 e. The van der Waals surface area contributed by atoms with E-state index < -0.39 is 0 Å². The smallest absolute Gasteiger partial charge is 0.258 e. The highest BCUT2D eigenvalue weighted by Gasteiger charge is 2.15. The Labute approximate surface area is 110 Å². The summed E-state index contributed by atoms with van der Waals surface area (Å²) in [5, 5.41) is 9.61. The zero-order chi connectivity index (χ0) is 14.0. The predicted octanol–water partition coefficient (Wildman–Crippen LogP) is 0.712. The lowest BCUT2D eigenvalue weighted by Crippen LogP contribution is -2.34. The number of hydrogen-bond donors (Lipinski definition) is 3. The van der Waals surface area contributed by atoms with Crippen molar-refractivity contribution in [2.75, 3.05) is 23.8 Å². The minimum atomic E-state index is -0.207. The first-order chi connectivity index (χ1) is 9.04.